The first-order chi connectivity index (χ1) is 18.7. The molecule has 0 aliphatic carbocycles. The highest BCUT2D eigenvalue weighted by Gasteiger charge is 2.61. The number of nitrogens with zero attached hydrogens (tertiary/aromatic N) is 3. The molecule has 6 rings (SSSR count). The van der Waals surface area contributed by atoms with Crippen LogP contribution < -0.4 is 5.01 Å². The van der Waals surface area contributed by atoms with E-state index in [2.05, 4.69) is 68.3 Å². The molecule has 0 N–H and O–H groups in total. The number of thioether (sulfide) groups is 2. The molecule has 4 aromatic carbocycles. The minimum atomic E-state index is -0.839. The molecule has 39 heavy (non-hydrogen) atoms. The summed E-state index contributed by atoms with van der Waals surface area (Å²) in [6.07, 6.45) is 0. The van der Waals surface area contributed by atoms with Crippen molar-refractivity contribution in [2.45, 2.75) is 15.9 Å². The van der Waals surface area contributed by atoms with Gasteiger partial charge in [0.25, 0.3) is 5.69 Å². The van der Waals surface area contributed by atoms with Crippen molar-refractivity contribution in [3.63, 3.8) is 0 Å². The molecule has 0 unspecified atom stereocenters. The standard InChI is InChI=1S/C29H19Br2N3O3S2/c1-18(35)27-32-33(23-14-16-24(17-15-23)34(36)37)29(38-27)26-5-3-2-4-25(26)28(39-29,19-6-10-21(30)11-7-19)20-8-12-22(31)13-9-20/h2-17H,1H3/t29-/m1/s1. The molecule has 194 valence electrons. The Balaban J connectivity index is 1.62. The number of hydrogen-bond acceptors (Lipinski definition) is 7. The van der Waals surface area contributed by atoms with E-state index in [1.54, 1.807) is 23.9 Å². The van der Waals surface area contributed by atoms with Crippen LogP contribution in [0.15, 0.2) is 111 Å². The lowest BCUT2D eigenvalue weighted by molar-refractivity contribution is -0.384. The number of Topliss-reactive ketones (excluding diaryl/α,β-unsaturated/α-hetero) is 1. The molecule has 0 amide bonds. The lowest BCUT2D eigenvalue weighted by Gasteiger charge is -2.37. The Morgan fingerprint density at radius 1 is 0.846 bits per heavy atom. The van der Waals surface area contributed by atoms with Gasteiger partial charge in [0.15, 0.2) is 15.0 Å². The van der Waals surface area contributed by atoms with E-state index in [9.17, 15) is 14.9 Å². The molecule has 6 nitrogen and oxygen atoms in total. The van der Waals surface area contributed by atoms with Crippen LogP contribution in [0.25, 0.3) is 0 Å². The molecule has 1 spiro atoms. The highest BCUT2D eigenvalue weighted by atomic mass is 79.9. The highest BCUT2D eigenvalue weighted by molar-refractivity contribution is 9.10. The minimum Gasteiger partial charge on any atom is -0.292 e. The zero-order valence-electron chi connectivity index (χ0n) is 20.4. The molecule has 0 radical (unpaired) electrons. The fourth-order valence-electron chi connectivity index (χ4n) is 5.02. The third-order valence-corrected chi connectivity index (χ3v) is 11.2. The van der Waals surface area contributed by atoms with Crippen LogP contribution in [-0.2, 0) is 13.7 Å². The van der Waals surface area contributed by atoms with E-state index in [0.717, 1.165) is 31.2 Å². The van der Waals surface area contributed by atoms with Crippen molar-refractivity contribution in [2.75, 3.05) is 5.01 Å². The molecule has 4 aromatic rings. The quantitative estimate of drug-likeness (QED) is 0.156. The second kappa shape index (κ2) is 9.92. The fourth-order valence-corrected chi connectivity index (χ4v) is 9.11. The van der Waals surface area contributed by atoms with E-state index in [4.69, 9.17) is 5.10 Å². The maximum Gasteiger partial charge on any atom is 0.269 e. The van der Waals surface area contributed by atoms with Crippen molar-refractivity contribution in [3.8, 4) is 0 Å². The van der Waals surface area contributed by atoms with E-state index in [-0.39, 0.29) is 11.5 Å². The summed E-state index contributed by atoms with van der Waals surface area (Å²) in [5.41, 5.74) is 4.94. The number of rotatable bonds is 5. The summed E-state index contributed by atoms with van der Waals surface area (Å²) in [7, 11) is 0. The van der Waals surface area contributed by atoms with Gasteiger partial charge >= 0.3 is 0 Å². The molecule has 0 saturated carbocycles. The number of benzene rings is 4. The summed E-state index contributed by atoms with van der Waals surface area (Å²) < 4.78 is 0.487. The number of nitro benzene ring substituents is 1. The van der Waals surface area contributed by atoms with E-state index < -0.39 is 13.9 Å². The molecule has 2 heterocycles. The lowest BCUT2D eigenvalue weighted by Crippen LogP contribution is -2.34. The van der Waals surface area contributed by atoms with Crippen LogP contribution in [0, 0.1) is 10.1 Å². The van der Waals surface area contributed by atoms with Gasteiger partial charge < -0.3 is 0 Å². The zero-order chi connectivity index (χ0) is 27.4. The Labute approximate surface area is 250 Å². The van der Waals surface area contributed by atoms with Crippen molar-refractivity contribution >= 4 is 77.6 Å². The number of hydrogen-bond donors (Lipinski definition) is 0. The van der Waals surface area contributed by atoms with Crippen LogP contribution in [-0.4, -0.2) is 15.8 Å². The monoisotopic (exact) mass is 679 g/mol. The van der Waals surface area contributed by atoms with Crippen LogP contribution in [0.5, 0.6) is 0 Å². The number of carbonyl (C=O) groups is 1. The molecule has 2 aliphatic rings. The van der Waals surface area contributed by atoms with Gasteiger partial charge in [0, 0.05) is 33.6 Å². The Hall–Kier alpha value is -2.92. The number of non-ortho nitro benzene ring substituents is 1. The van der Waals surface area contributed by atoms with Crippen molar-refractivity contribution in [3.05, 3.63) is 138 Å². The van der Waals surface area contributed by atoms with Crippen molar-refractivity contribution in [2.24, 2.45) is 5.10 Å². The molecule has 1 atom stereocenters. The maximum absolute atomic E-state index is 12.7. The zero-order valence-corrected chi connectivity index (χ0v) is 25.2. The first-order valence-corrected chi connectivity index (χ1v) is 15.1. The molecular weight excluding hydrogens is 662 g/mol. The first kappa shape index (κ1) is 26.3. The Kier molecular flexibility index (Phi) is 6.69. The Morgan fingerprint density at radius 2 is 1.38 bits per heavy atom. The third-order valence-electron chi connectivity index (χ3n) is 6.75. The maximum atomic E-state index is 12.7. The van der Waals surface area contributed by atoms with E-state index >= 15 is 0 Å². The molecular formula is C29H19Br2N3O3S2. The summed E-state index contributed by atoms with van der Waals surface area (Å²) in [5.74, 6) is -0.133. The lowest BCUT2D eigenvalue weighted by atomic mass is 9.82. The number of carbonyl (C=O) groups excluding carboxylic acids is 1. The summed E-state index contributed by atoms with van der Waals surface area (Å²) >= 11 is 10.3. The summed E-state index contributed by atoms with van der Waals surface area (Å²) in [4.78, 5) is 23.6. The molecule has 0 aromatic heterocycles. The summed E-state index contributed by atoms with van der Waals surface area (Å²) in [5, 5.41) is 18.4. The van der Waals surface area contributed by atoms with Gasteiger partial charge in [0.05, 0.1) is 15.4 Å². The van der Waals surface area contributed by atoms with Crippen LogP contribution in [0.2, 0.25) is 0 Å². The number of ketones is 1. The van der Waals surface area contributed by atoms with Gasteiger partial charge in [0.1, 0.15) is 0 Å². The van der Waals surface area contributed by atoms with Gasteiger partial charge in [-0.05, 0) is 53.1 Å². The number of fused-ring (bicyclic) bond motifs is 2. The van der Waals surface area contributed by atoms with Crippen molar-refractivity contribution in [1.29, 1.82) is 0 Å². The molecule has 2 aliphatic heterocycles. The third kappa shape index (κ3) is 4.25. The minimum absolute atomic E-state index is 0.00559. The molecule has 0 saturated heterocycles. The van der Waals surface area contributed by atoms with Gasteiger partial charge in [0.2, 0.25) is 0 Å². The topological polar surface area (TPSA) is 75.8 Å². The fraction of sp³-hybridized carbons (Fsp3) is 0.103. The molecule has 10 heteroatoms. The van der Waals surface area contributed by atoms with E-state index in [0.29, 0.717) is 10.7 Å². The largest absolute Gasteiger partial charge is 0.292 e. The predicted octanol–water partition coefficient (Wildman–Crippen LogP) is 8.42. The van der Waals surface area contributed by atoms with Gasteiger partial charge in [-0.3, -0.25) is 14.9 Å². The van der Waals surface area contributed by atoms with Crippen LogP contribution in [0.1, 0.15) is 29.2 Å². The average Bonchev–Trinajstić information content (AvgIpc) is 3.47. The van der Waals surface area contributed by atoms with Crippen LogP contribution in [0.3, 0.4) is 0 Å². The smallest absolute Gasteiger partial charge is 0.269 e. The van der Waals surface area contributed by atoms with E-state index in [1.807, 2.05) is 41.4 Å². The number of hydrazone groups is 1. The van der Waals surface area contributed by atoms with Gasteiger partial charge in [-0.1, -0.05) is 104 Å². The first-order valence-electron chi connectivity index (χ1n) is 11.9. The van der Waals surface area contributed by atoms with Crippen molar-refractivity contribution < 1.29 is 9.72 Å². The SMILES string of the molecule is CC(=O)C1=NN(c2ccc([N+](=O)[O-])cc2)[C@]2(S1)SC(c1ccc(Br)cc1)(c1ccc(Br)cc1)c1ccccc12. The van der Waals surface area contributed by atoms with Crippen LogP contribution in [0.4, 0.5) is 11.4 Å². The van der Waals surface area contributed by atoms with E-state index in [1.165, 1.54) is 30.8 Å². The number of halogens is 2. The van der Waals surface area contributed by atoms with Crippen LogP contribution >= 0.6 is 55.4 Å². The number of nitro groups is 1. The summed E-state index contributed by atoms with van der Waals surface area (Å²) in [6.45, 7) is 1.51. The van der Waals surface area contributed by atoms with Gasteiger partial charge in [-0.2, -0.15) is 5.10 Å². The molecule has 0 fully saturated rings. The number of anilines is 1. The normalized spacial score (nSPS) is 19.2. The van der Waals surface area contributed by atoms with Gasteiger partial charge in [-0.15, -0.1) is 0 Å². The molecule has 0 bridgehead atoms. The van der Waals surface area contributed by atoms with Gasteiger partial charge in [-0.25, -0.2) is 5.01 Å². The highest BCUT2D eigenvalue weighted by Crippen LogP contribution is 2.71. The second-order valence-electron chi connectivity index (χ2n) is 9.07. The van der Waals surface area contributed by atoms with Crippen molar-refractivity contribution in [1.82, 2.24) is 0 Å². The Morgan fingerprint density at radius 3 is 1.90 bits per heavy atom. The average molecular weight is 681 g/mol. The second-order valence-corrected chi connectivity index (χ2v) is 13.8. The summed E-state index contributed by atoms with van der Waals surface area (Å²) in [6, 6.07) is 31.2. The Bertz CT molecular complexity index is 1600. The predicted molar refractivity (Wildman–Crippen MR) is 165 cm³/mol.